The molecule has 1 aliphatic carbocycles. The van der Waals surface area contributed by atoms with E-state index in [0.29, 0.717) is 25.1 Å². The van der Waals surface area contributed by atoms with Gasteiger partial charge in [-0.25, -0.2) is 0 Å². The Morgan fingerprint density at radius 2 is 1.96 bits per heavy atom. The molecule has 0 spiro atoms. The molecule has 0 bridgehead atoms. The summed E-state index contributed by atoms with van der Waals surface area (Å²) >= 11 is 3.50. The highest BCUT2D eigenvalue weighted by Gasteiger charge is 2.44. The predicted octanol–water partition coefficient (Wildman–Crippen LogP) is 3.74. The molecule has 1 saturated carbocycles. The third-order valence-corrected chi connectivity index (χ3v) is 5.83. The van der Waals surface area contributed by atoms with Crippen molar-refractivity contribution in [2.24, 2.45) is 0 Å². The fourth-order valence-corrected chi connectivity index (χ4v) is 3.76. The van der Waals surface area contributed by atoms with E-state index in [1.165, 1.54) is 12.0 Å². The first-order chi connectivity index (χ1) is 12.2. The van der Waals surface area contributed by atoms with Crippen LogP contribution in [0, 0.1) is 0 Å². The molecule has 1 aliphatic heterocycles. The molecule has 128 valence electrons. The first kappa shape index (κ1) is 15.3. The van der Waals surface area contributed by atoms with Crippen LogP contribution in [0.3, 0.4) is 0 Å². The van der Waals surface area contributed by atoms with Gasteiger partial charge in [0.15, 0.2) is 5.82 Å². The lowest BCUT2D eigenvalue weighted by molar-refractivity contribution is -0.0286. The number of hydrogen-bond acceptors (Lipinski definition) is 5. The standard InChI is InChI=1S/C18H17BrN4O2/c19-14-4-2-13(3-5-14)18(6-1-7-18)17-21-16(25-22-17)12-8-20-23(9-12)15-10-24-11-15/h2-5,8-9,15H,1,6-7,10-11H2. The summed E-state index contributed by atoms with van der Waals surface area (Å²) in [6.07, 6.45) is 7.01. The molecule has 3 heterocycles. The fourth-order valence-electron chi connectivity index (χ4n) is 3.50. The van der Waals surface area contributed by atoms with Gasteiger partial charge in [-0.1, -0.05) is 39.6 Å². The Hall–Kier alpha value is -1.99. The Balaban J connectivity index is 1.46. The number of halogens is 1. The molecule has 2 aliphatic rings. The van der Waals surface area contributed by atoms with E-state index in [0.717, 1.165) is 28.7 Å². The second-order valence-corrected chi connectivity index (χ2v) is 7.68. The minimum absolute atomic E-state index is 0.125. The van der Waals surface area contributed by atoms with Crippen molar-refractivity contribution in [2.75, 3.05) is 13.2 Å². The smallest absolute Gasteiger partial charge is 0.261 e. The molecule has 0 atom stereocenters. The van der Waals surface area contributed by atoms with Crippen molar-refractivity contribution in [1.29, 1.82) is 0 Å². The van der Waals surface area contributed by atoms with E-state index in [1.54, 1.807) is 6.20 Å². The van der Waals surface area contributed by atoms with Gasteiger partial charge in [0.1, 0.15) is 0 Å². The number of rotatable bonds is 4. The van der Waals surface area contributed by atoms with E-state index < -0.39 is 0 Å². The van der Waals surface area contributed by atoms with Crippen molar-refractivity contribution >= 4 is 15.9 Å². The number of ether oxygens (including phenoxy) is 1. The average Bonchev–Trinajstić information content (AvgIpc) is 3.16. The molecule has 2 fully saturated rings. The zero-order chi connectivity index (χ0) is 16.9. The van der Waals surface area contributed by atoms with Crippen LogP contribution in [-0.2, 0) is 10.2 Å². The van der Waals surface area contributed by atoms with Crippen molar-refractivity contribution < 1.29 is 9.26 Å². The summed E-state index contributed by atoms with van der Waals surface area (Å²) in [4.78, 5) is 4.72. The maximum absolute atomic E-state index is 5.57. The largest absolute Gasteiger partial charge is 0.377 e. The maximum atomic E-state index is 5.57. The summed E-state index contributed by atoms with van der Waals surface area (Å²) in [7, 11) is 0. The Kier molecular flexibility index (Phi) is 3.53. The van der Waals surface area contributed by atoms with Crippen molar-refractivity contribution in [3.63, 3.8) is 0 Å². The SMILES string of the molecule is Brc1ccc(C2(c3noc(-c4cnn(C5COC5)c4)n3)CCC2)cc1. The van der Waals surface area contributed by atoms with Crippen LogP contribution in [-0.4, -0.2) is 33.1 Å². The van der Waals surface area contributed by atoms with Crippen LogP contribution >= 0.6 is 15.9 Å². The second kappa shape index (κ2) is 5.78. The van der Waals surface area contributed by atoms with Crippen LogP contribution in [0.25, 0.3) is 11.5 Å². The number of aromatic nitrogens is 4. The summed E-state index contributed by atoms with van der Waals surface area (Å²) in [5.41, 5.74) is 1.98. The van der Waals surface area contributed by atoms with Crippen LogP contribution in [0.2, 0.25) is 0 Å². The van der Waals surface area contributed by atoms with Gasteiger partial charge in [0.25, 0.3) is 5.89 Å². The molecule has 1 saturated heterocycles. The van der Waals surface area contributed by atoms with Gasteiger partial charge < -0.3 is 9.26 Å². The Morgan fingerprint density at radius 1 is 1.16 bits per heavy atom. The van der Waals surface area contributed by atoms with Crippen molar-refractivity contribution in [3.05, 3.63) is 52.5 Å². The molecule has 0 radical (unpaired) electrons. The van der Waals surface area contributed by atoms with Crippen LogP contribution in [0.1, 0.15) is 36.7 Å². The lowest BCUT2D eigenvalue weighted by Crippen LogP contribution is -2.36. The minimum Gasteiger partial charge on any atom is -0.377 e. The van der Waals surface area contributed by atoms with E-state index in [2.05, 4.69) is 50.5 Å². The molecule has 0 amide bonds. The summed E-state index contributed by atoms with van der Waals surface area (Å²) in [6, 6.07) is 8.75. The summed E-state index contributed by atoms with van der Waals surface area (Å²) in [5.74, 6) is 1.31. The molecule has 6 nitrogen and oxygen atoms in total. The Bertz CT molecular complexity index is 894. The van der Waals surface area contributed by atoms with E-state index in [1.807, 2.05) is 10.9 Å². The normalized spacial score (nSPS) is 19.4. The average molecular weight is 401 g/mol. The minimum atomic E-state index is -0.125. The zero-order valence-corrected chi connectivity index (χ0v) is 15.1. The van der Waals surface area contributed by atoms with E-state index in [9.17, 15) is 0 Å². The van der Waals surface area contributed by atoms with Crippen LogP contribution < -0.4 is 0 Å². The summed E-state index contributed by atoms with van der Waals surface area (Å²) in [6.45, 7) is 1.42. The Morgan fingerprint density at radius 3 is 2.60 bits per heavy atom. The summed E-state index contributed by atoms with van der Waals surface area (Å²) < 4.78 is 13.8. The topological polar surface area (TPSA) is 66.0 Å². The highest BCUT2D eigenvalue weighted by Crippen LogP contribution is 2.48. The highest BCUT2D eigenvalue weighted by atomic mass is 79.9. The van der Waals surface area contributed by atoms with E-state index >= 15 is 0 Å². The third-order valence-electron chi connectivity index (χ3n) is 5.30. The predicted molar refractivity (Wildman–Crippen MR) is 94.1 cm³/mol. The Labute approximate surface area is 153 Å². The number of benzene rings is 1. The van der Waals surface area contributed by atoms with Crippen molar-refractivity contribution in [1.82, 2.24) is 19.9 Å². The number of nitrogens with zero attached hydrogens (tertiary/aromatic N) is 4. The first-order valence-electron chi connectivity index (χ1n) is 8.47. The molecule has 2 aromatic heterocycles. The van der Waals surface area contributed by atoms with Gasteiger partial charge in [-0.2, -0.15) is 10.1 Å². The third kappa shape index (κ3) is 2.45. The van der Waals surface area contributed by atoms with Crippen LogP contribution in [0.4, 0.5) is 0 Å². The molecular formula is C18H17BrN4O2. The van der Waals surface area contributed by atoms with E-state index in [-0.39, 0.29) is 5.41 Å². The molecule has 25 heavy (non-hydrogen) atoms. The molecule has 7 heteroatoms. The second-order valence-electron chi connectivity index (χ2n) is 6.77. The van der Waals surface area contributed by atoms with E-state index in [4.69, 9.17) is 14.2 Å². The first-order valence-corrected chi connectivity index (χ1v) is 9.26. The van der Waals surface area contributed by atoms with Gasteiger partial charge in [0.05, 0.1) is 36.4 Å². The molecule has 3 aromatic rings. The maximum Gasteiger partial charge on any atom is 0.261 e. The van der Waals surface area contributed by atoms with Gasteiger partial charge in [-0.05, 0) is 30.5 Å². The highest BCUT2D eigenvalue weighted by molar-refractivity contribution is 9.10. The fraction of sp³-hybridized carbons (Fsp3) is 0.389. The zero-order valence-electron chi connectivity index (χ0n) is 13.6. The van der Waals surface area contributed by atoms with Crippen LogP contribution in [0.15, 0.2) is 45.7 Å². The molecule has 0 unspecified atom stereocenters. The van der Waals surface area contributed by atoms with Gasteiger partial charge in [0, 0.05) is 10.7 Å². The monoisotopic (exact) mass is 400 g/mol. The van der Waals surface area contributed by atoms with Gasteiger partial charge in [-0.3, -0.25) is 4.68 Å². The quantitative estimate of drug-likeness (QED) is 0.667. The lowest BCUT2D eigenvalue weighted by Gasteiger charge is -2.39. The molecule has 0 N–H and O–H groups in total. The van der Waals surface area contributed by atoms with Gasteiger partial charge >= 0.3 is 0 Å². The molecule has 1 aromatic carbocycles. The molecule has 5 rings (SSSR count). The van der Waals surface area contributed by atoms with Crippen molar-refractivity contribution in [3.8, 4) is 11.5 Å². The van der Waals surface area contributed by atoms with Gasteiger partial charge in [-0.15, -0.1) is 0 Å². The lowest BCUT2D eigenvalue weighted by atomic mass is 9.64. The number of hydrogen-bond donors (Lipinski definition) is 0. The molecular weight excluding hydrogens is 384 g/mol. The summed E-state index contributed by atoms with van der Waals surface area (Å²) in [5, 5.41) is 8.71. The van der Waals surface area contributed by atoms with Crippen LogP contribution in [0.5, 0.6) is 0 Å². The van der Waals surface area contributed by atoms with Crippen molar-refractivity contribution in [2.45, 2.75) is 30.7 Å². The van der Waals surface area contributed by atoms with Gasteiger partial charge in [0.2, 0.25) is 0 Å².